The molecule has 1 atom stereocenters. The van der Waals surface area contributed by atoms with Crippen LogP contribution in [0.2, 0.25) is 0 Å². The summed E-state index contributed by atoms with van der Waals surface area (Å²) < 4.78 is 0. The Hall–Kier alpha value is -2.89. The van der Waals surface area contributed by atoms with Crippen LogP contribution in [0.25, 0.3) is 10.8 Å². The molecule has 0 fully saturated rings. The number of hydrogen-bond acceptors (Lipinski definition) is 3. The van der Waals surface area contributed by atoms with E-state index in [1.54, 1.807) is 6.92 Å². The van der Waals surface area contributed by atoms with Gasteiger partial charge in [-0.3, -0.25) is 14.4 Å². The number of benzene rings is 2. The van der Waals surface area contributed by atoms with Crippen LogP contribution in [0, 0.1) is 0 Å². The first-order chi connectivity index (χ1) is 12.4. The van der Waals surface area contributed by atoms with Crippen LogP contribution in [0.15, 0.2) is 42.5 Å². The molecule has 2 aromatic carbocycles. The van der Waals surface area contributed by atoms with Gasteiger partial charge in [0.1, 0.15) is 6.54 Å². The van der Waals surface area contributed by atoms with Crippen LogP contribution in [0.3, 0.4) is 0 Å². The summed E-state index contributed by atoms with van der Waals surface area (Å²) in [5.74, 6) is -1.73. The van der Waals surface area contributed by atoms with Crippen LogP contribution >= 0.6 is 0 Å². The summed E-state index contributed by atoms with van der Waals surface area (Å²) in [7, 11) is 0. The summed E-state index contributed by atoms with van der Waals surface area (Å²) in [6.45, 7) is 3.10. The van der Waals surface area contributed by atoms with Gasteiger partial charge in [0.25, 0.3) is 0 Å². The van der Waals surface area contributed by atoms with Crippen molar-refractivity contribution in [3.05, 3.63) is 48.0 Å². The number of carboxylic acids is 1. The van der Waals surface area contributed by atoms with E-state index in [9.17, 15) is 14.4 Å². The fourth-order valence-corrected chi connectivity index (χ4v) is 2.81. The number of carboxylic acid groups (broad SMARTS) is 1. The van der Waals surface area contributed by atoms with Gasteiger partial charge < -0.3 is 15.3 Å². The van der Waals surface area contributed by atoms with E-state index in [2.05, 4.69) is 5.32 Å². The molecule has 6 nitrogen and oxygen atoms in total. The first kappa shape index (κ1) is 19.4. The smallest absolute Gasteiger partial charge is 0.323 e. The molecule has 0 saturated heterocycles. The second-order valence-corrected chi connectivity index (χ2v) is 6.26. The maximum atomic E-state index is 12.3. The quantitative estimate of drug-likeness (QED) is 0.759. The van der Waals surface area contributed by atoms with Gasteiger partial charge in [-0.25, -0.2) is 0 Å². The molecule has 6 heteroatoms. The van der Waals surface area contributed by atoms with Gasteiger partial charge in [0.15, 0.2) is 0 Å². The maximum absolute atomic E-state index is 12.3. The van der Waals surface area contributed by atoms with Gasteiger partial charge in [0.2, 0.25) is 11.8 Å². The van der Waals surface area contributed by atoms with Gasteiger partial charge in [-0.2, -0.15) is 0 Å². The number of hydrogen-bond donors (Lipinski definition) is 2. The van der Waals surface area contributed by atoms with E-state index in [-0.39, 0.29) is 31.5 Å². The molecule has 0 aromatic heterocycles. The van der Waals surface area contributed by atoms with E-state index in [0.717, 1.165) is 16.3 Å². The van der Waals surface area contributed by atoms with Crippen LogP contribution in [0.1, 0.15) is 25.8 Å². The van der Waals surface area contributed by atoms with Gasteiger partial charge in [0.05, 0.1) is 13.0 Å². The van der Waals surface area contributed by atoms with E-state index in [0.29, 0.717) is 6.42 Å². The molecule has 0 aliphatic carbocycles. The van der Waals surface area contributed by atoms with E-state index in [1.165, 1.54) is 4.90 Å². The minimum Gasteiger partial charge on any atom is -0.480 e. The van der Waals surface area contributed by atoms with Crippen LogP contribution < -0.4 is 5.32 Å². The SMILES string of the molecule is CCC(C)N(CC(=O)O)C(=O)CNC(=O)Cc1cccc2ccccc12. The number of nitrogens with one attached hydrogen (secondary N) is 1. The van der Waals surface area contributed by atoms with Crippen molar-refractivity contribution in [1.82, 2.24) is 10.2 Å². The summed E-state index contributed by atoms with van der Waals surface area (Å²) in [6, 6.07) is 13.4. The third kappa shape index (κ3) is 5.05. The number of nitrogens with zero attached hydrogens (tertiary/aromatic N) is 1. The predicted molar refractivity (Wildman–Crippen MR) is 99.8 cm³/mol. The standard InChI is InChI=1S/C20H24N2O4/c1-3-14(2)22(13-20(25)26)19(24)12-21-18(23)11-16-9-6-8-15-7-4-5-10-17(15)16/h4-10,14H,3,11-13H2,1-2H3,(H,21,23)(H,25,26). The zero-order valence-electron chi connectivity index (χ0n) is 15.1. The molecule has 2 rings (SSSR count). The Bertz CT molecular complexity index is 798. The van der Waals surface area contributed by atoms with Crippen LogP contribution in [0.5, 0.6) is 0 Å². The largest absolute Gasteiger partial charge is 0.480 e. The highest BCUT2D eigenvalue weighted by Crippen LogP contribution is 2.18. The van der Waals surface area contributed by atoms with Gasteiger partial charge in [0, 0.05) is 6.04 Å². The number of fused-ring (bicyclic) bond motifs is 1. The molecule has 0 aliphatic heterocycles. The molecule has 0 heterocycles. The lowest BCUT2D eigenvalue weighted by Gasteiger charge is -2.27. The van der Waals surface area contributed by atoms with Crippen LogP contribution in [-0.2, 0) is 20.8 Å². The summed E-state index contributed by atoms with van der Waals surface area (Å²) >= 11 is 0. The average molecular weight is 356 g/mol. The van der Waals surface area contributed by atoms with Crippen molar-refractivity contribution in [3.8, 4) is 0 Å². The molecular weight excluding hydrogens is 332 g/mol. The van der Waals surface area contributed by atoms with E-state index >= 15 is 0 Å². The highest BCUT2D eigenvalue weighted by Gasteiger charge is 2.21. The molecule has 2 amide bonds. The fourth-order valence-electron chi connectivity index (χ4n) is 2.81. The Morgan fingerprint density at radius 3 is 2.50 bits per heavy atom. The zero-order chi connectivity index (χ0) is 19.1. The second kappa shape index (κ2) is 8.99. The Balaban J connectivity index is 1.98. The van der Waals surface area contributed by atoms with E-state index in [1.807, 2.05) is 49.4 Å². The highest BCUT2D eigenvalue weighted by molar-refractivity contribution is 5.92. The molecular formula is C20H24N2O4. The van der Waals surface area contributed by atoms with E-state index in [4.69, 9.17) is 5.11 Å². The molecule has 0 radical (unpaired) electrons. The highest BCUT2D eigenvalue weighted by atomic mass is 16.4. The summed E-state index contributed by atoms with van der Waals surface area (Å²) in [5, 5.41) is 13.6. The second-order valence-electron chi connectivity index (χ2n) is 6.26. The zero-order valence-corrected chi connectivity index (χ0v) is 15.1. The van der Waals surface area contributed by atoms with Crippen molar-refractivity contribution < 1.29 is 19.5 Å². The monoisotopic (exact) mass is 356 g/mol. The molecule has 26 heavy (non-hydrogen) atoms. The number of aliphatic carboxylic acids is 1. The number of amides is 2. The lowest BCUT2D eigenvalue weighted by atomic mass is 10.0. The van der Waals surface area contributed by atoms with Crippen molar-refractivity contribution in [2.24, 2.45) is 0 Å². The van der Waals surface area contributed by atoms with Gasteiger partial charge in [-0.15, -0.1) is 0 Å². The fraction of sp³-hybridized carbons (Fsp3) is 0.350. The number of carbonyl (C=O) groups excluding carboxylic acids is 2. The minimum absolute atomic E-state index is 0.164. The van der Waals surface area contributed by atoms with Crippen LogP contribution in [0.4, 0.5) is 0 Å². The normalized spacial score (nSPS) is 11.8. The summed E-state index contributed by atoms with van der Waals surface area (Å²) in [4.78, 5) is 36.8. The third-order valence-corrected chi connectivity index (χ3v) is 4.42. The Kier molecular flexibility index (Phi) is 6.72. The number of carbonyl (C=O) groups is 3. The Morgan fingerprint density at radius 1 is 1.12 bits per heavy atom. The van der Waals surface area contributed by atoms with Gasteiger partial charge in [-0.1, -0.05) is 49.4 Å². The van der Waals surface area contributed by atoms with Crippen molar-refractivity contribution in [2.75, 3.05) is 13.1 Å². The first-order valence-corrected chi connectivity index (χ1v) is 8.67. The predicted octanol–water partition coefficient (Wildman–Crippen LogP) is 2.21. The molecule has 0 spiro atoms. The summed E-state index contributed by atoms with van der Waals surface area (Å²) in [6.07, 6.45) is 0.805. The van der Waals surface area contributed by atoms with Crippen molar-refractivity contribution in [2.45, 2.75) is 32.7 Å². The molecule has 2 N–H and O–H groups in total. The topological polar surface area (TPSA) is 86.7 Å². The molecule has 0 aliphatic rings. The van der Waals surface area contributed by atoms with Crippen molar-refractivity contribution in [1.29, 1.82) is 0 Å². The van der Waals surface area contributed by atoms with Crippen LogP contribution in [-0.4, -0.2) is 46.9 Å². The molecule has 0 bridgehead atoms. The van der Waals surface area contributed by atoms with Gasteiger partial charge in [-0.05, 0) is 29.7 Å². The average Bonchev–Trinajstić information content (AvgIpc) is 2.63. The molecule has 138 valence electrons. The lowest BCUT2D eigenvalue weighted by Crippen LogP contribution is -2.46. The molecule has 0 saturated carbocycles. The summed E-state index contributed by atoms with van der Waals surface area (Å²) in [5.41, 5.74) is 0.886. The number of rotatable bonds is 8. The third-order valence-electron chi connectivity index (χ3n) is 4.42. The van der Waals surface area contributed by atoms with Crippen molar-refractivity contribution in [3.63, 3.8) is 0 Å². The lowest BCUT2D eigenvalue weighted by molar-refractivity contribution is -0.145. The maximum Gasteiger partial charge on any atom is 0.323 e. The molecule has 1 unspecified atom stereocenters. The molecule has 2 aromatic rings. The van der Waals surface area contributed by atoms with Crippen molar-refractivity contribution >= 4 is 28.6 Å². The minimum atomic E-state index is -1.07. The Labute approximate surface area is 152 Å². The van der Waals surface area contributed by atoms with E-state index < -0.39 is 11.9 Å². The first-order valence-electron chi connectivity index (χ1n) is 8.67. The Morgan fingerprint density at radius 2 is 1.81 bits per heavy atom. The van der Waals surface area contributed by atoms with Gasteiger partial charge >= 0.3 is 5.97 Å².